The van der Waals surface area contributed by atoms with Gasteiger partial charge in [0.15, 0.2) is 0 Å². The maximum Gasteiger partial charge on any atom is 0.347 e. The molecular formula is C14H21N3O3S. The number of piperidine rings is 1. The monoisotopic (exact) mass is 311 g/mol. The lowest BCUT2D eigenvalue weighted by Gasteiger charge is -2.31. The Bertz CT molecular complexity index is 522. The van der Waals surface area contributed by atoms with Crippen molar-refractivity contribution in [3.05, 3.63) is 15.6 Å². The van der Waals surface area contributed by atoms with Crippen LogP contribution in [0.15, 0.2) is 0 Å². The van der Waals surface area contributed by atoms with Gasteiger partial charge in [0.25, 0.3) is 0 Å². The number of hydrogen-bond acceptors (Lipinski definition) is 4. The molecule has 0 atom stereocenters. The first kappa shape index (κ1) is 15.8. The number of thiazole rings is 1. The Morgan fingerprint density at radius 1 is 1.43 bits per heavy atom. The highest BCUT2D eigenvalue weighted by Gasteiger charge is 2.22. The first-order valence-corrected chi connectivity index (χ1v) is 8.05. The van der Waals surface area contributed by atoms with Crippen molar-refractivity contribution in [3.63, 3.8) is 0 Å². The van der Waals surface area contributed by atoms with E-state index in [1.807, 2.05) is 4.90 Å². The Labute approximate surface area is 128 Å². The van der Waals surface area contributed by atoms with Gasteiger partial charge < -0.3 is 15.3 Å². The number of aryl methyl sites for hydroxylation is 1. The van der Waals surface area contributed by atoms with Crippen LogP contribution in [0.5, 0.6) is 0 Å². The van der Waals surface area contributed by atoms with Crippen LogP contribution in [0.3, 0.4) is 0 Å². The lowest BCUT2D eigenvalue weighted by molar-refractivity contribution is 0.0701. The van der Waals surface area contributed by atoms with Crippen LogP contribution in [0.25, 0.3) is 0 Å². The molecule has 7 heteroatoms. The third-order valence-corrected chi connectivity index (χ3v) is 5.05. The molecule has 1 aromatic heterocycles. The molecule has 0 radical (unpaired) electrons. The average molecular weight is 311 g/mol. The molecule has 0 aliphatic carbocycles. The molecule has 1 aromatic rings. The lowest BCUT2D eigenvalue weighted by Crippen LogP contribution is -2.44. The minimum absolute atomic E-state index is 0.0886. The van der Waals surface area contributed by atoms with Crippen molar-refractivity contribution in [1.29, 1.82) is 0 Å². The van der Waals surface area contributed by atoms with Gasteiger partial charge >= 0.3 is 12.0 Å². The Morgan fingerprint density at radius 2 is 2.10 bits per heavy atom. The topological polar surface area (TPSA) is 82.5 Å². The number of nitrogens with one attached hydrogen (secondary N) is 1. The van der Waals surface area contributed by atoms with E-state index in [1.165, 1.54) is 6.42 Å². The highest BCUT2D eigenvalue weighted by Crippen LogP contribution is 2.20. The fourth-order valence-electron chi connectivity index (χ4n) is 2.53. The molecule has 0 aromatic carbocycles. The van der Waals surface area contributed by atoms with Crippen molar-refractivity contribution < 1.29 is 14.7 Å². The molecule has 21 heavy (non-hydrogen) atoms. The molecule has 2 rings (SSSR count). The van der Waals surface area contributed by atoms with Gasteiger partial charge in [-0.15, -0.1) is 11.3 Å². The zero-order chi connectivity index (χ0) is 15.4. The molecule has 2 amide bonds. The Kier molecular flexibility index (Phi) is 5.17. The van der Waals surface area contributed by atoms with E-state index in [2.05, 4.69) is 17.2 Å². The summed E-state index contributed by atoms with van der Waals surface area (Å²) in [5.74, 6) is -0.238. The average Bonchev–Trinajstić information content (AvgIpc) is 2.86. The fraction of sp³-hybridized carbons (Fsp3) is 0.643. The van der Waals surface area contributed by atoms with E-state index in [4.69, 9.17) is 5.11 Å². The van der Waals surface area contributed by atoms with Crippen LogP contribution in [0, 0.1) is 12.8 Å². The molecule has 0 unspecified atom stereocenters. The first-order chi connectivity index (χ1) is 10.0. The van der Waals surface area contributed by atoms with Gasteiger partial charge in [-0.05, 0) is 25.7 Å². The summed E-state index contributed by atoms with van der Waals surface area (Å²) in [4.78, 5) is 29.3. The molecule has 0 bridgehead atoms. The van der Waals surface area contributed by atoms with Crippen LogP contribution in [-0.2, 0) is 6.54 Å². The fourth-order valence-corrected chi connectivity index (χ4v) is 3.38. The van der Waals surface area contributed by atoms with Crippen molar-refractivity contribution in [2.24, 2.45) is 5.92 Å². The molecule has 1 aliphatic rings. The molecule has 1 fully saturated rings. The van der Waals surface area contributed by atoms with Crippen molar-refractivity contribution in [3.8, 4) is 0 Å². The molecule has 1 saturated heterocycles. The van der Waals surface area contributed by atoms with E-state index >= 15 is 0 Å². The van der Waals surface area contributed by atoms with E-state index in [0.717, 1.165) is 43.2 Å². The molecule has 116 valence electrons. The summed E-state index contributed by atoms with van der Waals surface area (Å²) in [7, 11) is 0. The highest BCUT2D eigenvalue weighted by atomic mass is 32.1. The van der Waals surface area contributed by atoms with E-state index in [0.29, 0.717) is 10.7 Å². The molecular weight excluding hydrogens is 290 g/mol. The number of urea groups is 1. The number of hydrogen-bond donors (Lipinski definition) is 2. The number of aromatic carboxylic acids is 1. The number of rotatable bonds is 4. The van der Waals surface area contributed by atoms with Crippen molar-refractivity contribution in [1.82, 2.24) is 15.2 Å². The zero-order valence-electron chi connectivity index (χ0n) is 12.4. The van der Waals surface area contributed by atoms with Gasteiger partial charge in [0, 0.05) is 13.1 Å². The van der Waals surface area contributed by atoms with Gasteiger partial charge in [-0.2, -0.15) is 0 Å². The zero-order valence-corrected chi connectivity index (χ0v) is 13.2. The summed E-state index contributed by atoms with van der Waals surface area (Å²) < 4.78 is 0. The largest absolute Gasteiger partial charge is 0.477 e. The first-order valence-electron chi connectivity index (χ1n) is 7.23. The second-order valence-electron chi connectivity index (χ2n) is 5.32. The van der Waals surface area contributed by atoms with Gasteiger partial charge in [-0.1, -0.05) is 13.3 Å². The minimum atomic E-state index is -0.968. The van der Waals surface area contributed by atoms with E-state index < -0.39 is 5.97 Å². The van der Waals surface area contributed by atoms with Crippen LogP contribution in [0.1, 0.15) is 46.6 Å². The van der Waals surface area contributed by atoms with E-state index in [-0.39, 0.29) is 17.5 Å². The van der Waals surface area contributed by atoms with Crippen LogP contribution in [-0.4, -0.2) is 40.1 Å². The smallest absolute Gasteiger partial charge is 0.347 e. The van der Waals surface area contributed by atoms with Crippen LogP contribution in [0.2, 0.25) is 0 Å². The number of aromatic nitrogens is 1. The molecule has 6 nitrogen and oxygen atoms in total. The molecule has 2 heterocycles. The minimum Gasteiger partial charge on any atom is -0.477 e. The number of carbonyl (C=O) groups is 2. The van der Waals surface area contributed by atoms with Crippen LogP contribution in [0.4, 0.5) is 4.79 Å². The maximum absolute atomic E-state index is 12.1. The third-order valence-electron chi connectivity index (χ3n) is 3.91. The molecule has 0 saturated carbocycles. The van der Waals surface area contributed by atoms with Crippen molar-refractivity contribution >= 4 is 23.3 Å². The van der Waals surface area contributed by atoms with E-state index in [9.17, 15) is 9.59 Å². The summed E-state index contributed by atoms with van der Waals surface area (Å²) in [6, 6.07) is -0.0886. The number of carbonyl (C=O) groups excluding carboxylic acids is 1. The third kappa shape index (κ3) is 3.93. The second kappa shape index (κ2) is 6.89. The summed E-state index contributed by atoms with van der Waals surface area (Å²) in [5.41, 5.74) is 0.500. The van der Waals surface area contributed by atoms with Gasteiger partial charge in [0.05, 0.1) is 12.2 Å². The van der Waals surface area contributed by atoms with Crippen LogP contribution < -0.4 is 5.32 Å². The molecule has 1 aliphatic heterocycles. The summed E-state index contributed by atoms with van der Waals surface area (Å²) in [6.45, 7) is 5.72. The predicted octanol–water partition coefficient (Wildman–Crippen LogP) is 2.48. The Hall–Kier alpha value is -1.63. The number of nitrogens with zero attached hydrogens (tertiary/aromatic N) is 2. The highest BCUT2D eigenvalue weighted by molar-refractivity contribution is 7.13. The standard InChI is InChI=1S/C14H21N3O3S/c1-3-10-4-6-17(7-5-10)14(20)15-8-11-16-9(2)12(21-11)13(18)19/h10H,3-8H2,1-2H3,(H,15,20)(H,18,19). The maximum atomic E-state index is 12.1. The number of carboxylic acids is 1. The van der Waals surface area contributed by atoms with Gasteiger partial charge in [-0.25, -0.2) is 14.6 Å². The van der Waals surface area contributed by atoms with Gasteiger partial charge in [-0.3, -0.25) is 0 Å². The van der Waals surface area contributed by atoms with Gasteiger partial charge in [0.2, 0.25) is 0 Å². The number of amides is 2. The van der Waals surface area contributed by atoms with Crippen LogP contribution >= 0.6 is 11.3 Å². The van der Waals surface area contributed by atoms with Crippen molar-refractivity contribution in [2.45, 2.75) is 39.7 Å². The van der Waals surface area contributed by atoms with Gasteiger partial charge in [0.1, 0.15) is 9.88 Å². The van der Waals surface area contributed by atoms with Crippen molar-refractivity contribution in [2.75, 3.05) is 13.1 Å². The second-order valence-corrected chi connectivity index (χ2v) is 6.41. The quantitative estimate of drug-likeness (QED) is 0.895. The SMILES string of the molecule is CCC1CCN(C(=O)NCc2nc(C)c(C(=O)O)s2)CC1. The predicted molar refractivity (Wildman–Crippen MR) is 80.6 cm³/mol. The number of carboxylic acid groups (broad SMARTS) is 1. The summed E-state index contributed by atoms with van der Waals surface area (Å²) in [6.07, 6.45) is 3.29. The summed E-state index contributed by atoms with van der Waals surface area (Å²) >= 11 is 1.12. The molecule has 0 spiro atoms. The van der Waals surface area contributed by atoms with E-state index in [1.54, 1.807) is 6.92 Å². The lowest BCUT2D eigenvalue weighted by atomic mass is 9.95. The molecule has 2 N–H and O–H groups in total. The number of likely N-dealkylation sites (tertiary alicyclic amines) is 1. The Morgan fingerprint density at radius 3 is 2.62 bits per heavy atom. The normalized spacial score (nSPS) is 16.0. The summed E-state index contributed by atoms with van der Waals surface area (Å²) in [5, 5.41) is 12.4. The Balaban J connectivity index is 1.84.